The van der Waals surface area contributed by atoms with E-state index in [1.807, 2.05) is 78.9 Å². The van der Waals surface area contributed by atoms with Crippen LogP contribution in [0.4, 0.5) is 23.2 Å². The molecule has 0 amide bonds. The van der Waals surface area contributed by atoms with Crippen LogP contribution in [0.15, 0.2) is 95.7 Å². The van der Waals surface area contributed by atoms with Gasteiger partial charge < -0.3 is 0 Å². The molecular weight excluding hydrogens is 514 g/mol. The minimum atomic E-state index is -3.05. The molecule has 0 radical (unpaired) electrons. The number of halogens is 4. The van der Waals surface area contributed by atoms with E-state index in [9.17, 15) is 8.78 Å². The molecule has 0 bridgehead atoms. The number of benzene rings is 4. The van der Waals surface area contributed by atoms with Crippen LogP contribution in [0.1, 0.15) is 18.4 Å². The van der Waals surface area contributed by atoms with Crippen molar-refractivity contribution in [1.29, 1.82) is 5.26 Å². The summed E-state index contributed by atoms with van der Waals surface area (Å²) in [5.74, 6) is -6.74. The van der Waals surface area contributed by atoms with Gasteiger partial charge in [-0.05, 0) is 34.9 Å². The van der Waals surface area contributed by atoms with Crippen LogP contribution in [-0.2, 0) is 0 Å². The first-order valence-electron chi connectivity index (χ1n) is 11.8. The minimum Gasteiger partial charge on any atom is -0.251 e. The largest absolute Gasteiger partial charge is 0.251 e. The van der Waals surface area contributed by atoms with Gasteiger partial charge in [0.25, 0.3) is 0 Å². The van der Waals surface area contributed by atoms with Crippen LogP contribution in [0.5, 0.6) is 0 Å². The molecule has 0 spiro atoms. The predicted octanol–water partition coefficient (Wildman–Crippen LogP) is 7.53. The summed E-state index contributed by atoms with van der Waals surface area (Å²) in [5.41, 5.74) is -2.28. The molecule has 8 heteroatoms. The second kappa shape index (κ2) is 10.6. The van der Waals surface area contributed by atoms with Gasteiger partial charge in [-0.1, -0.05) is 98.9 Å². The summed E-state index contributed by atoms with van der Waals surface area (Å²) in [6.07, 6.45) is 2.58. The van der Waals surface area contributed by atoms with E-state index in [4.69, 9.17) is 10.0 Å². The van der Waals surface area contributed by atoms with Crippen molar-refractivity contribution in [1.82, 2.24) is 0 Å². The van der Waals surface area contributed by atoms with Gasteiger partial charge in [-0.3, -0.25) is 4.74 Å². The molecule has 1 aliphatic heterocycles. The van der Waals surface area contributed by atoms with Crippen molar-refractivity contribution in [2.75, 3.05) is 6.16 Å². The van der Waals surface area contributed by atoms with Crippen molar-refractivity contribution >= 4 is 36.6 Å². The summed E-state index contributed by atoms with van der Waals surface area (Å²) in [5, 5.41) is 11.7. The van der Waals surface area contributed by atoms with E-state index in [0.717, 1.165) is 34.9 Å². The molecule has 0 aromatic heterocycles. The molecule has 1 aliphatic rings. The highest BCUT2D eigenvalue weighted by molar-refractivity contribution is 7.91. The molecule has 0 saturated carbocycles. The molecule has 186 valence electrons. The molecule has 0 N–H and O–H groups in total. The summed E-state index contributed by atoms with van der Waals surface area (Å²) < 4.78 is 65.0. The lowest BCUT2D eigenvalue weighted by Gasteiger charge is -2.36. The van der Waals surface area contributed by atoms with Crippen LogP contribution < -0.4 is 15.9 Å². The van der Waals surface area contributed by atoms with Crippen molar-refractivity contribution < 1.29 is 17.6 Å². The highest BCUT2D eigenvalue weighted by Gasteiger charge is 2.43. The van der Waals surface area contributed by atoms with Gasteiger partial charge in [-0.25, -0.2) is 17.6 Å². The smallest absolute Gasteiger partial charge is 0.188 e. The fourth-order valence-electron chi connectivity index (χ4n) is 5.01. The van der Waals surface area contributed by atoms with E-state index < -0.39 is 49.5 Å². The van der Waals surface area contributed by atoms with E-state index in [2.05, 4.69) is 12.1 Å². The number of nitriles is 1. The van der Waals surface area contributed by atoms with Gasteiger partial charge in [0.15, 0.2) is 23.3 Å². The lowest BCUT2D eigenvalue weighted by Crippen LogP contribution is -2.26. The number of rotatable bonds is 5. The zero-order valence-corrected chi connectivity index (χ0v) is 21.4. The molecule has 5 rings (SSSR count). The summed E-state index contributed by atoms with van der Waals surface area (Å²) in [6.45, 7) is 0. The monoisotopic (exact) mass is 536 g/mol. The molecule has 1 heterocycles. The van der Waals surface area contributed by atoms with Gasteiger partial charge in [0.2, 0.25) is 0 Å². The minimum absolute atomic E-state index is 0.102. The Labute approximate surface area is 214 Å². The fraction of sp³-hybridized carbons (Fsp3) is 0.138. The average Bonchev–Trinajstić information content (AvgIpc) is 3.45. The molecule has 4 aromatic carbocycles. The van der Waals surface area contributed by atoms with Gasteiger partial charge in [-0.2, -0.15) is 5.26 Å². The van der Waals surface area contributed by atoms with E-state index in [-0.39, 0.29) is 5.40 Å². The first-order chi connectivity index (χ1) is 18.0. The van der Waals surface area contributed by atoms with E-state index in [1.54, 1.807) is 0 Å². The SMILES string of the molecule is N#Cc1c(F)c(F)c(N=P(c2ccccc2)(c2ccccc2)C2CCCP2c2ccccc2)c(F)c1F. The van der Waals surface area contributed by atoms with Gasteiger partial charge in [0, 0.05) is 12.5 Å². The van der Waals surface area contributed by atoms with Crippen molar-refractivity contribution in [3.05, 3.63) is 120 Å². The first-order valence-corrected chi connectivity index (χ1v) is 15.2. The summed E-state index contributed by atoms with van der Waals surface area (Å²) in [4.78, 5) is 0. The van der Waals surface area contributed by atoms with Crippen molar-refractivity contribution in [3.63, 3.8) is 0 Å². The molecule has 37 heavy (non-hydrogen) atoms. The Hall–Kier alpha value is -3.25. The van der Waals surface area contributed by atoms with Gasteiger partial charge in [0.05, 0.1) is 0 Å². The lowest BCUT2D eigenvalue weighted by atomic mass is 10.1. The van der Waals surface area contributed by atoms with Crippen molar-refractivity contribution in [3.8, 4) is 6.07 Å². The van der Waals surface area contributed by atoms with Gasteiger partial charge >= 0.3 is 0 Å². The molecular formula is C29H22F4N2P2. The molecule has 2 unspecified atom stereocenters. The number of nitrogens with zero attached hydrogens (tertiary/aromatic N) is 2. The maximum absolute atomic E-state index is 15.4. The Morgan fingerprint density at radius 1 is 0.730 bits per heavy atom. The zero-order chi connectivity index (χ0) is 26.0. The Bertz CT molecular complexity index is 1450. The van der Waals surface area contributed by atoms with Gasteiger partial charge in [-0.15, -0.1) is 0 Å². The number of hydrogen-bond donors (Lipinski definition) is 0. The highest BCUT2D eigenvalue weighted by Crippen LogP contribution is 2.69. The molecule has 0 aliphatic carbocycles. The molecule has 1 fully saturated rings. The lowest BCUT2D eigenvalue weighted by molar-refractivity contribution is 0.454. The second-order valence-corrected chi connectivity index (χ2v) is 14.9. The van der Waals surface area contributed by atoms with Gasteiger partial charge in [0.1, 0.15) is 17.3 Å². The summed E-state index contributed by atoms with van der Waals surface area (Å²) in [6, 6.07) is 29.8. The fourth-order valence-corrected chi connectivity index (χ4v) is 14.4. The van der Waals surface area contributed by atoms with Crippen LogP contribution in [0, 0.1) is 34.6 Å². The quantitative estimate of drug-likeness (QED) is 0.148. The Morgan fingerprint density at radius 3 is 1.70 bits per heavy atom. The summed E-state index contributed by atoms with van der Waals surface area (Å²) >= 11 is 0. The normalized spacial score (nSPS) is 17.4. The van der Waals surface area contributed by atoms with Crippen molar-refractivity contribution in [2.24, 2.45) is 4.74 Å². The van der Waals surface area contributed by atoms with E-state index in [0.29, 0.717) is 0 Å². The van der Waals surface area contributed by atoms with Crippen LogP contribution in [0.3, 0.4) is 0 Å². The van der Waals surface area contributed by atoms with Crippen LogP contribution in [0.25, 0.3) is 0 Å². The molecule has 2 atom stereocenters. The summed E-state index contributed by atoms with van der Waals surface area (Å²) in [7, 11) is -3.86. The Balaban J connectivity index is 1.91. The molecule has 1 saturated heterocycles. The predicted molar refractivity (Wildman–Crippen MR) is 143 cm³/mol. The highest BCUT2D eigenvalue weighted by atomic mass is 31.2. The Morgan fingerprint density at radius 2 is 1.22 bits per heavy atom. The van der Waals surface area contributed by atoms with E-state index in [1.165, 1.54) is 6.07 Å². The van der Waals surface area contributed by atoms with Crippen LogP contribution >= 0.6 is 15.0 Å². The maximum atomic E-state index is 15.4. The van der Waals surface area contributed by atoms with Crippen molar-refractivity contribution in [2.45, 2.75) is 18.2 Å². The average molecular weight is 536 g/mol. The zero-order valence-electron chi connectivity index (χ0n) is 19.7. The molecule has 4 aromatic rings. The standard InChI is InChI=1S/C29H22F4N2P2/c30-25-23(19-34)26(31)28(33)29(27(25)32)35-37(21-13-6-2-7-14-21,22-15-8-3-9-16-22)24-17-10-18-36(24)20-11-4-1-5-12-20/h1-9,11-16,24H,10,17-18H2. The Kier molecular flexibility index (Phi) is 7.29. The van der Waals surface area contributed by atoms with Crippen LogP contribution in [0.2, 0.25) is 0 Å². The second-order valence-electron chi connectivity index (χ2n) is 8.70. The first kappa shape index (κ1) is 25.4. The van der Waals surface area contributed by atoms with E-state index >= 15 is 8.78 Å². The molecule has 2 nitrogen and oxygen atoms in total. The number of hydrogen-bond acceptors (Lipinski definition) is 2. The topological polar surface area (TPSA) is 36.1 Å². The van der Waals surface area contributed by atoms with Crippen LogP contribution in [-0.4, -0.2) is 11.6 Å². The third-order valence-electron chi connectivity index (χ3n) is 6.65. The third kappa shape index (κ3) is 4.42. The third-order valence-corrected chi connectivity index (χ3v) is 15.0. The maximum Gasteiger partial charge on any atom is 0.188 e.